The molecule has 0 aliphatic rings. The van der Waals surface area contributed by atoms with Gasteiger partial charge in [0.1, 0.15) is 5.75 Å². The second kappa shape index (κ2) is 8.15. The number of methoxy groups -OCH3 is 1. The van der Waals surface area contributed by atoms with E-state index in [-0.39, 0.29) is 6.10 Å². The molecule has 102 valence electrons. The Bertz CT molecular complexity index is 385. The summed E-state index contributed by atoms with van der Waals surface area (Å²) in [4.78, 5) is 0. The van der Waals surface area contributed by atoms with E-state index < -0.39 is 0 Å². The third-order valence-corrected chi connectivity index (χ3v) is 3.53. The van der Waals surface area contributed by atoms with E-state index in [0.717, 1.165) is 40.0 Å². The summed E-state index contributed by atoms with van der Waals surface area (Å²) < 4.78 is 12.9. The van der Waals surface area contributed by atoms with Crippen LogP contribution in [0.5, 0.6) is 5.75 Å². The Labute approximate surface area is 125 Å². The highest BCUT2D eigenvalue weighted by Gasteiger charge is 2.09. The van der Waals surface area contributed by atoms with Crippen LogP contribution in [0.2, 0.25) is 0 Å². The number of rotatable bonds is 7. The Kier molecular flexibility index (Phi) is 7.22. The molecule has 0 bridgehead atoms. The first-order valence-corrected chi connectivity index (χ1v) is 7.51. The fourth-order valence-electron chi connectivity index (χ4n) is 1.73. The first kappa shape index (κ1) is 16.0. The summed E-state index contributed by atoms with van der Waals surface area (Å²) in [6.45, 7) is 6.38. The average molecular weight is 381 g/mol. The number of hydrogen-bond donors (Lipinski definition) is 1. The van der Waals surface area contributed by atoms with Crippen LogP contribution in [0, 0.1) is 0 Å². The largest absolute Gasteiger partial charge is 0.495 e. The van der Waals surface area contributed by atoms with Crippen molar-refractivity contribution < 1.29 is 9.47 Å². The molecule has 1 aromatic carbocycles. The molecule has 0 fully saturated rings. The van der Waals surface area contributed by atoms with E-state index in [1.165, 1.54) is 0 Å². The summed E-state index contributed by atoms with van der Waals surface area (Å²) in [7, 11) is 1.68. The number of halogens is 2. The van der Waals surface area contributed by atoms with Crippen molar-refractivity contribution in [2.24, 2.45) is 0 Å². The lowest BCUT2D eigenvalue weighted by atomic mass is 10.2. The second-order valence-corrected chi connectivity index (χ2v) is 5.75. The highest BCUT2D eigenvalue weighted by molar-refractivity contribution is 9.11. The standard InChI is InChI=1S/C13H19Br2NO2/c1-4-18-9(2)7-16-8-10-5-11(14)6-12(15)13(10)17-3/h5-6,9,16H,4,7-8H2,1-3H3. The molecule has 1 N–H and O–H groups in total. The zero-order valence-corrected chi connectivity index (χ0v) is 14.1. The molecular weight excluding hydrogens is 362 g/mol. The summed E-state index contributed by atoms with van der Waals surface area (Å²) >= 11 is 6.98. The highest BCUT2D eigenvalue weighted by atomic mass is 79.9. The lowest BCUT2D eigenvalue weighted by molar-refractivity contribution is 0.0759. The average Bonchev–Trinajstić information content (AvgIpc) is 2.28. The van der Waals surface area contributed by atoms with Crippen molar-refractivity contribution >= 4 is 31.9 Å². The molecule has 18 heavy (non-hydrogen) atoms. The minimum atomic E-state index is 0.219. The fraction of sp³-hybridized carbons (Fsp3) is 0.538. The van der Waals surface area contributed by atoms with E-state index in [1.807, 2.05) is 13.0 Å². The predicted octanol–water partition coefficient (Wildman–Crippen LogP) is 3.73. The van der Waals surface area contributed by atoms with Crippen molar-refractivity contribution in [3.8, 4) is 5.75 Å². The minimum Gasteiger partial charge on any atom is -0.495 e. The van der Waals surface area contributed by atoms with Gasteiger partial charge in [-0.15, -0.1) is 0 Å². The molecule has 0 aromatic heterocycles. The molecule has 0 saturated carbocycles. The van der Waals surface area contributed by atoms with Crippen molar-refractivity contribution in [3.63, 3.8) is 0 Å². The summed E-state index contributed by atoms with van der Waals surface area (Å²) in [5, 5.41) is 3.37. The molecular formula is C13H19Br2NO2. The van der Waals surface area contributed by atoms with Crippen LogP contribution in [0.1, 0.15) is 19.4 Å². The van der Waals surface area contributed by atoms with Crippen LogP contribution in [0.15, 0.2) is 21.1 Å². The summed E-state index contributed by atoms with van der Waals surface area (Å²) in [5.41, 5.74) is 1.11. The van der Waals surface area contributed by atoms with Gasteiger partial charge in [-0.05, 0) is 41.9 Å². The number of benzene rings is 1. The molecule has 1 unspecified atom stereocenters. The minimum absolute atomic E-state index is 0.219. The Morgan fingerprint density at radius 3 is 2.67 bits per heavy atom. The Hall–Kier alpha value is -0.100. The molecule has 0 aliphatic heterocycles. The summed E-state index contributed by atoms with van der Waals surface area (Å²) in [5.74, 6) is 0.870. The van der Waals surface area contributed by atoms with Crippen LogP contribution in [0.3, 0.4) is 0 Å². The molecule has 0 heterocycles. The lowest BCUT2D eigenvalue weighted by Crippen LogP contribution is -2.26. The SMILES string of the molecule is CCOC(C)CNCc1cc(Br)cc(Br)c1OC. The third kappa shape index (κ3) is 4.88. The normalized spacial score (nSPS) is 12.5. The van der Waals surface area contributed by atoms with Crippen LogP contribution in [-0.4, -0.2) is 26.4 Å². The van der Waals surface area contributed by atoms with Gasteiger partial charge >= 0.3 is 0 Å². The van der Waals surface area contributed by atoms with Gasteiger partial charge in [0.15, 0.2) is 0 Å². The number of nitrogens with one attached hydrogen (secondary N) is 1. The van der Waals surface area contributed by atoms with Gasteiger partial charge in [0.25, 0.3) is 0 Å². The summed E-state index contributed by atoms with van der Waals surface area (Å²) in [6.07, 6.45) is 0.219. The molecule has 3 nitrogen and oxygen atoms in total. The van der Waals surface area contributed by atoms with Crippen LogP contribution >= 0.6 is 31.9 Å². The van der Waals surface area contributed by atoms with Gasteiger partial charge in [0.05, 0.1) is 17.7 Å². The van der Waals surface area contributed by atoms with Gasteiger partial charge < -0.3 is 14.8 Å². The van der Waals surface area contributed by atoms with E-state index in [9.17, 15) is 0 Å². The summed E-state index contributed by atoms with van der Waals surface area (Å²) in [6, 6.07) is 4.03. The third-order valence-electron chi connectivity index (χ3n) is 2.49. The molecule has 0 saturated heterocycles. The first-order valence-electron chi connectivity index (χ1n) is 5.92. The van der Waals surface area contributed by atoms with E-state index in [4.69, 9.17) is 9.47 Å². The Balaban J connectivity index is 2.61. The molecule has 0 amide bonds. The predicted molar refractivity (Wildman–Crippen MR) is 81.2 cm³/mol. The zero-order chi connectivity index (χ0) is 13.5. The molecule has 0 spiro atoms. The van der Waals surface area contributed by atoms with Crippen molar-refractivity contribution in [2.75, 3.05) is 20.3 Å². The van der Waals surface area contributed by atoms with Crippen LogP contribution in [-0.2, 0) is 11.3 Å². The van der Waals surface area contributed by atoms with Crippen LogP contribution in [0.25, 0.3) is 0 Å². The fourth-order valence-corrected chi connectivity index (χ4v) is 3.20. The maximum Gasteiger partial charge on any atom is 0.137 e. The van der Waals surface area contributed by atoms with Gasteiger partial charge in [0, 0.05) is 29.7 Å². The van der Waals surface area contributed by atoms with Gasteiger partial charge in [-0.25, -0.2) is 0 Å². The lowest BCUT2D eigenvalue weighted by Gasteiger charge is -2.15. The quantitative estimate of drug-likeness (QED) is 0.781. The van der Waals surface area contributed by atoms with E-state index in [2.05, 4.69) is 50.2 Å². The monoisotopic (exact) mass is 379 g/mol. The Morgan fingerprint density at radius 2 is 2.06 bits per heavy atom. The van der Waals surface area contributed by atoms with Gasteiger partial charge in [-0.2, -0.15) is 0 Å². The van der Waals surface area contributed by atoms with Crippen molar-refractivity contribution in [1.82, 2.24) is 5.32 Å². The maximum absolute atomic E-state index is 5.47. The zero-order valence-electron chi connectivity index (χ0n) is 10.9. The maximum atomic E-state index is 5.47. The number of ether oxygens (including phenoxy) is 2. The molecule has 0 aliphatic carbocycles. The number of hydrogen-bond acceptors (Lipinski definition) is 3. The van der Waals surface area contributed by atoms with E-state index in [1.54, 1.807) is 7.11 Å². The van der Waals surface area contributed by atoms with E-state index >= 15 is 0 Å². The first-order chi connectivity index (χ1) is 8.58. The highest BCUT2D eigenvalue weighted by Crippen LogP contribution is 2.32. The topological polar surface area (TPSA) is 30.5 Å². The van der Waals surface area contributed by atoms with Gasteiger partial charge in [-0.3, -0.25) is 0 Å². The van der Waals surface area contributed by atoms with Crippen molar-refractivity contribution in [1.29, 1.82) is 0 Å². The van der Waals surface area contributed by atoms with Crippen LogP contribution in [0.4, 0.5) is 0 Å². The molecule has 1 atom stereocenters. The molecule has 1 aromatic rings. The van der Waals surface area contributed by atoms with Crippen LogP contribution < -0.4 is 10.1 Å². The Morgan fingerprint density at radius 1 is 1.33 bits per heavy atom. The van der Waals surface area contributed by atoms with Gasteiger partial charge in [0.2, 0.25) is 0 Å². The smallest absolute Gasteiger partial charge is 0.137 e. The molecule has 1 rings (SSSR count). The molecule has 0 radical (unpaired) electrons. The molecule has 5 heteroatoms. The van der Waals surface area contributed by atoms with Crippen molar-refractivity contribution in [3.05, 3.63) is 26.6 Å². The second-order valence-electron chi connectivity index (χ2n) is 3.98. The van der Waals surface area contributed by atoms with Crippen molar-refractivity contribution in [2.45, 2.75) is 26.5 Å². The van der Waals surface area contributed by atoms with E-state index in [0.29, 0.717) is 0 Å². The van der Waals surface area contributed by atoms with Gasteiger partial charge in [-0.1, -0.05) is 15.9 Å².